The molecule has 6 heteroatoms. The van der Waals surface area contributed by atoms with Gasteiger partial charge in [0, 0.05) is 30.0 Å². The molecule has 1 saturated heterocycles. The highest BCUT2D eigenvalue weighted by molar-refractivity contribution is 5.57. The minimum absolute atomic E-state index is 0.272. The van der Waals surface area contributed by atoms with Gasteiger partial charge in [-0.05, 0) is 37.9 Å². The lowest BCUT2D eigenvalue weighted by molar-refractivity contribution is -0.137. The van der Waals surface area contributed by atoms with Crippen LogP contribution in [0.15, 0.2) is 36.7 Å². The molecule has 1 aliphatic rings. The van der Waals surface area contributed by atoms with Crippen molar-refractivity contribution in [1.82, 2.24) is 14.9 Å². The van der Waals surface area contributed by atoms with Crippen molar-refractivity contribution in [3.05, 3.63) is 42.2 Å². The summed E-state index contributed by atoms with van der Waals surface area (Å²) in [5.74, 6) is 0.609. The van der Waals surface area contributed by atoms with Gasteiger partial charge in [0.15, 0.2) is 0 Å². The summed E-state index contributed by atoms with van der Waals surface area (Å²) < 4.78 is 40.8. The molecular formula is C17H20F3N3. The zero-order valence-electron chi connectivity index (χ0n) is 13.0. The van der Waals surface area contributed by atoms with Crippen molar-refractivity contribution in [2.24, 2.45) is 0 Å². The molecule has 2 aromatic rings. The summed E-state index contributed by atoms with van der Waals surface area (Å²) in [6.07, 6.45) is 2.17. The Morgan fingerprint density at radius 2 is 2.17 bits per heavy atom. The summed E-state index contributed by atoms with van der Waals surface area (Å²) >= 11 is 0. The standard InChI is InChI=1S/C17H20F3N3/c1-2-14-11-15(6-7-21-14)23-9-8-22-16(23)12-4-3-5-13(10-12)17(18,19)20/h3-5,8-10,14-15,21H,2,6-7,11H2,1H3/t14-,15+/m0/s1. The number of nitrogens with zero attached hydrogens (tertiary/aromatic N) is 2. The van der Waals surface area contributed by atoms with Crippen LogP contribution in [0.2, 0.25) is 0 Å². The fraction of sp³-hybridized carbons (Fsp3) is 0.471. The van der Waals surface area contributed by atoms with Crippen LogP contribution in [0, 0.1) is 0 Å². The van der Waals surface area contributed by atoms with Crippen molar-refractivity contribution >= 4 is 0 Å². The molecule has 1 fully saturated rings. The molecule has 3 rings (SSSR count). The predicted octanol–water partition coefficient (Wildman–Crippen LogP) is 4.27. The van der Waals surface area contributed by atoms with Gasteiger partial charge in [-0.25, -0.2) is 4.98 Å². The molecule has 1 aromatic heterocycles. The number of rotatable bonds is 3. The third-order valence-corrected chi connectivity index (χ3v) is 4.47. The van der Waals surface area contributed by atoms with E-state index >= 15 is 0 Å². The van der Waals surface area contributed by atoms with Gasteiger partial charge in [0.2, 0.25) is 0 Å². The number of halogens is 3. The summed E-state index contributed by atoms with van der Waals surface area (Å²) in [7, 11) is 0. The molecular weight excluding hydrogens is 303 g/mol. The number of hydrogen-bond donors (Lipinski definition) is 1. The Morgan fingerprint density at radius 1 is 1.35 bits per heavy atom. The van der Waals surface area contributed by atoms with E-state index in [9.17, 15) is 13.2 Å². The van der Waals surface area contributed by atoms with Gasteiger partial charge < -0.3 is 9.88 Å². The monoisotopic (exact) mass is 323 g/mol. The third kappa shape index (κ3) is 3.42. The highest BCUT2D eigenvalue weighted by Crippen LogP contribution is 2.33. The number of nitrogens with one attached hydrogen (secondary N) is 1. The molecule has 0 radical (unpaired) electrons. The fourth-order valence-electron chi connectivity index (χ4n) is 3.21. The summed E-state index contributed by atoms with van der Waals surface area (Å²) in [5, 5.41) is 3.47. The lowest BCUT2D eigenvalue weighted by Gasteiger charge is -2.31. The number of benzene rings is 1. The molecule has 0 saturated carbocycles. The maximum absolute atomic E-state index is 12.9. The van der Waals surface area contributed by atoms with Gasteiger partial charge in [-0.3, -0.25) is 0 Å². The highest BCUT2D eigenvalue weighted by atomic mass is 19.4. The summed E-state index contributed by atoms with van der Waals surface area (Å²) in [6.45, 7) is 3.06. The second kappa shape index (κ2) is 6.35. The van der Waals surface area contributed by atoms with Crippen molar-refractivity contribution in [2.45, 2.75) is 44.4 Å². The van der Waals surface area contributed by atoms with Crippen molar-refractivity contribution in [3.8, 4) is 11.4 Å². The summed E-state index contributed by atoms with van der Waals surface area (Å²) in [6, 6.07) is 6.12. The Labute approximate surface area is 133 Å². The second-order valence-corrected chi connectivity index (χ2v) is 5.97. The van der Waals surface area contributed by atoms with Crippen molar-refractivity contribution < 1.29 is 13.2 Å². The molecule has 1 aliphatic heterocycles. The van der Waals surface area contributed by atoms with E-state index in [0.717, 1.165) is 31.9 Å². The Hall–Kier alpha value is -1.82. The van der Waals surface area contributed by atoms with Crippen LogP contribution in [0.3, 0.4) is 0 Å². The summed E-state index contributed by atoms with van der Waals surface area (Å²) in [5.41, 5.74) is -0.127. The van der Waals surface area contributed by atoms with E-state index in [1.807, 2.05) is 10.8 Å². The van der Waals surface area contributed by atoms with E-state index in [4.69, 9.17) is 0 Å². The van der Waals surface area contributed by atoms with Crippen molar-refractivity contribution in [1.29, 1.82) is 0 Å². The molecule has 1 aromatic carbocycles. The van der Waals surface area contributed by atoms with E-state index < -0.39 is 11.7 Å². The number of imidazole rings is 1. The summed E-state index contributed by atoms with van der Waals surface area (Å²) in [4.78, 5) is 4.31. The van der Waals surface area contributed by atoms with Gasteiger partial charge >= 0.3 is 6.18 Å². The van der Waals surface area contributed by atoms with Gasteiger partial charge in [0.05, 0.1) is 5.56 Å². The van der Waals surface area contributed by atoms with Crippen LogP contribution in [0.1, 0.15) is 37.8 Å². The highest BCUT2D eigenvalue weighted by Gasteiger charge is 2.31. The van der Waals surface area contributed by atoms with E-state index in [-0.39, 0.29) is 6.04 Å². The zero-order chi connectivity index (χ0) is 16.4. The largest absolute Gasteiger partial charge is 0.416 e. The molecule has 0 unspecified atom stereocenters. The predicted molar refractivity (Wildman–Crippen MR) is 83.0 cm³/mol. The Morgan fingerprint density at radius 3 is 2.91 bits per heavy atom. The number of piperidine rings is 1. The van der Waals surface area contributed by atoms with Gasteiger partial charge in [0.25, 0.3) is 0 Å². The van der Waals surface area contributed by atoms with Crippen LogP contribution in [-0.2, 0) is 6.18 Å². The quantitative estimate of drug-likeness (QED) is 0.914. The van der Waals surface area contributed by atoms with E-state index in [0.29, 0.717) is 17.4 Å². The van der Waals surface area contributed by atoms with Crippen LogP contribution in [0.25, 0.3) is 11.4 Å². The van der Waals surface area contributed by atoms with Crippen molar-refractivity contribution in [2.75, 3.05) is 6.54 Å². The lowest BCUT2D eigenvalue weighted by atomic mass is 9.97. The Balaban J connectivity index is 1.92. The molecule has 0 amide bonds. The third-order valence-electron chi connectivity index (χ3n) is 4.47. The zero-order valence-corrected chi connectivity index (χ0v) is 13.0. The molecule has 2 heterocycles. The Kier molecular flexibility index (Phi) is 4.43. The molecule has 0 aliphatic carbocycles. The molecule has 3 nitrogen and oxygen atoms in total. The number of alkyl halides is 3. The smallest absolute Gasteiger partial charge is 0.328 e. The molecule has 124 valence electrons. The second-order valence-electron chi connectivity index (χ2n) is 5.97. The van der Waals surface area contributed by atoms with Crippen LogP contribution in [0.4, 0.5) is 13.2 Å². The maximum Gasteiger partial charge on any atom is 0.416 e. The lowest BCUT2D eigenvalue weighted by Crippen LogP contribution is -2.38. The molecule has 2 atom stereocenters. The first-order chi connectivity index (χ1) is 11.0. The van der Waals surface area contributed by atoms with Crippen LogP contribution in [0.5, 0.6) is 0 Å². The first kappa shape index (κ1) is 16.1. The van der Waals surface area contributed by atoms with Crippen molar-refractivity contribution in [3.63, 3.8) is 0 Å². The number of hydrogen-bond acceptors (Lipinski definition) is 2. The molecule has 1 N–H and O–H groups in total. The molecule has 23 heavy (non-hydrogen) atoms. The topological polar surface area (TPSA) is 29.9 Å². The average Bonchev–Trinajstić information content (AvgIpc) is 3.04. The number of aromatic nitrogens is 2. The SMILES string of the molecule is CC[C@H]1C[C@H](n2ccnc2-c2cccc(C(F)(F)F)c2)CCN1. The van der Waals surface area contributed by atoms with Crippen LogP contribution < -0.4 is 5.32 Å². The van der Waals surface area contributed by atoms with Gasteiger partial charge in [-0.1, -0.05) is 19.1 Å². The van der Waals surface area contributed by atoms with Gasteiger partial charge in [-0.2, -0.15) is 13.2 Å². The molecule has 0 bridgehead atoms. The van der Waals surface area contributed by atoms with Crippen LogP contribution in [-0.4, -0.2) is 22.1 Å². The van der Waals surface area contributed by atoms with E-state index in [2.05, 4.69) is 17.2 Å². The minimum atomic E-state index is -4.34. The van der Waals surface area contributed by atoms with Gasteiger partial charge in [0.1, 0.15) is 5.82 Å². The van der Waals surface area contributed by atoms with E-state index in [1.165, 1.54) is 12.1 Å². The molecule has 0 spiro atoms. The first-order valence-electron chi connectivity index (χ1n) is 7.93. The minimum Gasteiger partial charge on any atom is -0.328 e. The van der Waals surface area contributed by atoms with E-state index in [1.54, 1.807) is 12.3 Å². The average molecular weight is 323 g/mol. The first-order valence-corrected chi connectivity index (χ1v) is 7.93. The Bertz CT molecular complexity index is 663. The van der Waals surface area contributed by atoms with Gasteiger partial charge in [-0.15, -0.1) is 0 Å². The van der Waals surface area contributed by atoms with Crippen LogP contribution >= 0.6 is 0 Å². The maximum atomic E-state index is 12.9. The fourth-order valence-corrected chi connectivity index (χ4v) is 3.21. The normalized spacial score (nSPS) is 22.3.